The van der Waals surface area contributed by atoms with Gasteiger partial charge in [-0.2, -0.15) is 5.10 Å². The van der Waals surface area contributed by atoms with Crippen molar-refractivity contribution in [2.45, 2.75) is 26.2 Å². The second kappa shape index (κ2) is 7.33. The number of nitrogens with one attached hydrogen (secondary N) is 3. The summed E-state index contributed by atoms with van der Waals surface area (Å²) in [6.45, 7) is 9.58. The zero-order valence-electron chi connectivity index (χ0n) is 18.8. The number of benzene rings is 1. The van der Waals surface area contributed by atoms with Crippen molar-refractivity contribution < 1.29 is 9.59 Å². The van der Waals surface area contributed by atoms with E-state index in [1.807, 2.05) is 32.9 Å². The molecule has 3 amide bonds. The molecule has 2 aromatic heterocycles. The first kappa shape index (κ1) is 20.5. The van der Waals surface area contributed by atoms with E-state index in [0.717, 1.165) is 35.4 Å². The lowest BCUT2D eigenvalue weighted by Gasteiger charge is -2.32. The number of imidazole rings is 1. The lowest BCUT2D eigenvalue weighted by atomic mass is 9.86. The molecule has 168 valence electrons. The second-order valence-electron chi connectivity index (χ2n) is 9.03. The molecule has 0 atom stereocenters. The molecule has 32 heavy (non-hydrogen) atoms. The maximum absolute atomic E-state index is 12.8. The van der Waals surface area contributed by atoms with E-state index in [4.69, 9.17) is 4.98 Å². The van der Waals surface area contributed by atoms with E-state index in [2.05, 4.69) is 32.4 Å². The van der Waals surface area contributed by atoms with Crippen LogP contribution in [0.3, 0.4) is 0 Å². The maximum atomic E-state index is 12.8. The van der Waals surface area contributed by atoms with Gasteiger partial charge in [0, 0.05) is 32.7 Å². The number of piperazine rings is 1. The van der Waals surface area contributed by atoms with Gasteiger partial charge < -0.3 is 25.0 Å². The number of H-pyrrole nitrogens is 2. The Labute approximate surface area is 186 Å². The molecule has 1 aromatic carbocycles. The Kier molecular flexibility index (Phi) is 4.70. The molecule has 0 saturated carbocycles. The number of carbonyl (C=O) groups excluding carboxylic acids is 2. The summed E-state index contributed by atoms with van der Waals surface area (Å²) in [6, 6.07) is 3.82. The fourth-order valence-corrected chi connectivity index (χ4v) is 4.53. The maximum Gasteiger partial charge on any atom is 0.322 e. The van der Waals surface area contributed by atoms with Gasteiger partial charge in [0.1, 0.15) is 5.69 Å². The highest BCUT2D eigenvalue weighted by molar-refractivity contribution is 6.09. The molecule has 0 unspecified atom stereocenters. The fourth-order valence-electron chi connectivity index (χ4n) is 4.53. The summed E-state index contributed by atoms with van der Waals surface area (Å²) in [4.78, 5) is 39.4. The van der Waals surface area contributed by atoms with Crippen LogP contribution < -0.4 is 10.2 Å². The predicted molar refractivity (Wildman–Crippen MR) is 123 cm³/mol. The zero-order valence-corrected chi connectivity index (χ0v) is 18.8. The smallest absolute Gasteiger partial charge is 0.322 e. The Bertz CT molecular complexity index is 1200. The molecule has 0 spiro atoms. The second-order valence-corrected chi connectivity index (χ2v) is 9.03. The highest BCUT2D eigenvalue weighted by Gasteiger charge is 2.43. The average molecular weight is 437 g/mol. The van der Waals surface area contributed by atoms with E-state index in [0.29, 0.717) is 36.8 Å². The summed E-state index contributed by atoms with van der Waals surface area (Å²) in [7, 11) is 2.05. The lowest BCUT2D eigenvalue weighted by molar-refractivity contribution is -0.122. The largest absolute Gasteiger partial charge is 0.337 e. The summed E-state index contributed by atoms with van der Waals surface area (Å²) >= 11 is 0. The van der Waals surface area contributed by atoms with Gasteiger partial charge in [-0.05, 0) is 45.5 Å². The average Bonchev–Trinajstić information content (AvgIpc) is 3.43. The predicted octanol–water partition coefficient (Wildman–Crippen LogP) is 2.38. The monoisotopic (exact) mass is 436 g/mol. The van der Waals surface area contributed by atoms with Gasteiger partial charge in [-0.1, -0.05) is 0 Å². The molecular formula is C22H28N8O2. The first-order valence-corrected chi connectivity index (χ1v) is 10.9. The number of rotatable bonds is 3. The summed E-state index contributed by atoms with van der Waals surface area (Å²) in [5.74, 6) is 0.687. The highest BCUT2D eigenvalue weighted by Crippen LogP contribution is 2.43. The Balaban J connectivity index is 1.45. The van der Waals surface area contributed by atoms with Gasteiger partial charge in [0.05, 0.1) is 34.0 Å². The van der Waals surface area contributed by atoms with Crippen molar-refractivity contribution in [2.24, 2.45) is 0 Å². The summed E-state index contributed by atoms with van der Waals surface area (Å²) in [6.07, 6.45) is 1.59. The van der Waals surface area contributed by atoms with Crippen molar-refractivity contribution in [3.8, 4) is 11.5 Å². The van der Waals surface area contributed by atoms with Crippen LogP contribution in [0, 0.1) is 0 Å². The molecule has 2 aliphatic heterocycles. The number of carbonyl (C=O) groups is 2. The number of aromatic nitrogens is 4. The third kappa shape index (κ3) is 3.13. The minimum absolute atomic E-state index is 0.102. The minimum Gasteiger partial charge on any atom is -0.337 e. The van der Waals surface area contributed by atoms with Gasteiger partial charge in [-0.25, -0.2) is 9.78 Å². The van der Waals surface area contributed by atoms with Crippen LogP contribution in [0.5, 0.6) is 0 Å². The van der Waals surface area contributed by atoms with E-state index in [1.54, 1.807) is 16.0 Å². The van der Waals surface area contributed by atoms with Crippen LogP contribution in [0.1, 0.15) is 26.3 Å². The van der Waals surface area contributed by atoms with Crippen LogP contribution in [0.25, 0.3) is 22.6 Å². The number of fused-ring (bicyclic) bond motifs is 2. The van der Waals surface area contributed by atoms with Crippen molar-refractivity contribution in [3.63, 3.8) is 0 Å². The van der Waals surface area contributed by atoms with Crippen LogP contribution in [0.4, 0.5) is 16.2 Å². The Hall–Kier alpha value is -3.40. The van der Waals surface area contributed by atoms with Gasteiger partial charge >= 0.3 is 6.03 Å². The first-order chi connectivity index (χ1) is 15.3. The van der Waals surface area contributed by atoms with E-state index >= 15 is 0 Å². The molecular weight excluding hydrogens is 408 g/mol. The van der Waals surface area contributed by atoms with Crippen molar-refractivity contribution in [2.75, 3.05) is 50.0 Å². The minimum atomic E-state index is -0.583. The van der Waals surface area contributed by atoms with Crippen molar-refractivity contribution in [1.29, 1.82) is 0 Å². The third-order valence-corrected chi connectivity index (χ3v) is 6.57. The summed E-state index contributed by atoms with van der Waals surface area (Å²) in [5, 5.41) is 10.0. The molecule has 3 aromatic rings. The van der Waals surface area contributed by atoms with E-state index in [-0.39, 0.29) is 11.9 Å². The summed E-state index contributed by atoms with van der Waals surface area (Å²) in [5.41, 5.74) is 4.09. The Morgan fingerprint density at radius 2 is 1.97 bits per heavy atom. The quantitative estimate of drug-likeness (QED) is 0.583. The molecule has 3 N–H and O–H groups in total. The molecule has 4 heterocycles. The van der Waals surface area contributed by atoms with E-state index < -0.39 is 5.41 Å². The molecule has 10 nitrogen and oxygen atoms in total. The van der Waals surface area contributed by atoms with Gasteiger partial charge in [0.25, 0.3) is 0 Å². The molecule has 0 bridgehead atoms. The Morgan fingerprint density at radius 3 is 2.69 bits per heavy atom. The van der Waals surface area contributed by atoms with Gasteiger partial charge in [0.15, 0.2) is 5.82 Å². The van der Waals surface area contributed by atoms with Crippen molar-refractivity contribution in [3.05, 3.63) is 23.9 Å². The number of anilines is 2. The van der Waals surface area contributed by atoms with Crippen LogP contribution in [-0.4, -0.2) is 81.7 Å². The molecule has 10 heteroatoms. The number of hydrogen-bond donors (Lipinski definition) is 3. The zero-order chi connectivity index (χ0) is 22.6. The van der Waals surface area contributed by atoms with E-state index in [9.17, 15) is 9.59 Å². The number of likely N-dealkylation sites (N-methyl/N-ethyl adjacent to an activating group) is 2. The number of urea groups is 1. The van der Waals surface area contributed by atoms with Gasteiger partial charge in [0.2, 0.25) is 5.91 Å². The number of aromatic amines is 2. The normalized spacial score (nSPS) is 18.4. The van der Waals surface area contributed by atoms with Gasteiger partial charge in [-0.3, -0.25) is 9.89 Å². The topological polar surface area (TPSA) is 113 Å². The van der Waals surface area contributed by atoms with Crippen molar-refractivity contribution in [1.82, 2.24) is 30.0 Å². The SMILES string of the molecule is CCN1C(=O)C(C)(C)c2cc3[nH]c(-c4[nH]ncc4NC(=O)N4CCN(C)CC4)nc3cc21. The van der Waals surface area contributed by atoms with Crippen LogP contribution >= 0.6 is 0 Å². The van der Waals surface area contributed by atoms with Crippen LogP contribution in [0.15, 0.2) is 18.3 Å². The molecule has 0 radical (unpaired) electrons. The van der Waals surface area contributed by atoms with Crippen LogP contribution in [0.2, 0.25) is 0 Å². The van der Waals surface area contributed by atoms with Crippen LogP contribution in [-0.2, 0) is 10.2 Å². The molecule has 5 rings (SSSR count). The summed E-state index contributed by atoms with van der Waals surface area (Å²) < 4.78 is 0. The first-order valence-electron chi connectivity index (χ1n) is 10.9. The van der Waals surface area contributed by atoms with Gasteiger partial charge in [-0.15, -0.1) is 0 Å². The molecule has 1 fully saturated rings. The number of hydrogen-bond acceptors (Lipinski definition) is 5. The molecule has 1 saturated heterocycles. The lowest BCUT2D eigenvalue weighted by Crippen LogP contribution is -2.48. The van der Waals surface area contributed by atoms with E-state index in [1.165, 1.54) is 0 Å². The highest BCUT2D eigenvalue weighted by atomic mass is 16.2. The standard InChI is InChI=1S/C22H28N8O2/c1-5-30-17-11-15-14(10-13(17)22(2,3)20(30)31)24-19(25-15)18-16(12-23-27-18)26-21(32)29-8-6-28(4)7-9-29/h10-12H,5-9H2,1-4H3,(H,23,27)(H,24,25)(H,26,32). The fraction of sp³-hybridized carbons (Fsp3) is 0.455. The molecule has 2 aliphatic rings. The number of nitrogens with zero attached hydrogens (tertiary/aromatic N) is 5. The Morgan fingerprint density at radius 1 is 1.22 bits per heavy atom. The molecule has 0 aliphatic carbocycles. The third-order valence-electron chi connectivity index (χ3n) is 6.57. The number of amides is 3. The van der Waals surface area contributed by atoms with Crippen molar-refractivity contribution >= 4 is 34.3 Å².